The Kier molecular flexibility index (Phi) is 6.15. The lowest BCUT2D eigenvalue weighted by Gasteiger charge is -2.03. The molecule has 2 rings (SSSR count). The normalized spacial score (nSPS) is 10.6. The van der Waals surface area contributed by atoms with Crippen molar-refractivity contribution in [2.24, 2.45) is 0 Å². The van der Waals surface area contributed by atoms with Crippen LogP contribution in [0, 0.1) is 6.92 Å². The molecule has 0 unspecified atom stereocenters. The van der Waals surface area contributed by atoms with E-state index < -0.39 is 0 Å². The van der Waals surface area contributed by atoms with Crippen LogP contribution in [0.2, 0.25) is 0 Å². The van der Waals surface area contributed by atoms with Gasteiger partial charge in [-0.15, -0.1) is 0 Å². The number of amides is 1. The van der Waals surface area contributed by atoms with Crippen molar-refractivity contribution in [1.29, 1.82) is 0 Å². The topological polar surface area (TPSA) is 64.4 Å². The van der Waals surface area contributed by atoms with E-state index >= 15 is 0 Å². The van der Waals surface area contributed by atoms with Crippen LogP contribution in [0.4, 0.5) is 0 Å². The van der Waals surface area contributed by atoms with Crippen molar-refractivity contribution in [2.45, 2.75) is 26.2 Å². The van der Waals surface area contributed by atoms with E-state index in [0.29, 0.717) is 31.9 Å². The van der Waals surface area contributed by atoms with Gasteiger partial charge in [-0.05, 0) is 13.3 Å². The standard InChI is InChI=1S/C17H22N2O3/c1-13-4-6-14(7-5-13)15-12-19-17(22-15)9-8-16(20)18-10-3-11-21-2/h4-7,12H,3,8-11H2,1-2H3,(H,18,20). The second-order valence-electron chi connectivity index (χ2n) is 5.18. The highest BCUT2D eigenvalue weighted by atomic mass is 16.5. The van der Waals surface area contributed by atoms with Crippen LogP contribution in [0.5, 0.6) is 0 Å². The summed E-state index contributed by atoms with van der Waals surface area (Å²) >= 11 is 0. The van der Waals surface area contributed by atoms with Gasteiger partial charge in [0.15, 0.2) is 11.7 Å². The van der Waals surface area contributed by atoms with E-state index in [0.717, 1.165) is 17.7 Å². The molecule has 1 amide bonds. The summed E-state index contributed by atoms with van der Waals surface area (Å²) in [6.07, 6.45) is 3.40. The first-order valence-corrected chi connectivity index (χ1v) is 7.46. The Bertz CT molecular complexity index is 590. The summed E-state index contributed by atoms with van der Waals surface area (Å²) in [4.78, 5) is 15.9. The quantitative estimate of drug-likeness (QED) is 0.762. The molecule has 0 bridgehead atoms. The van der Waals surface area contributed by atoms with Crippen molar-refractivity contribution >= 4 is 5.91 Å². The van der Waals surface area contributed by atoms with Crippen LogP contribution in [-0.4, -0.2) is 31.2 Å². The van der Waals surface area contributed by atoms with Gasteiger partial charge in [0.05, 0.1) is 6.20 Å². The highest BCUT2D eigenvalue weighted by molar-refractivity contribution is 5.76. The average Bonchev–Trinajstić information content (AvgIpc) is 2.99. The Morgan fingerprint density at radius 2 is 2.09 bits per heavy atom. The monoisotopic (exact) mass is 302 g/mol. The number of oxazole rings is 1. The zero-order valence-electron chi connectivity index (χ0n) is 13.1. The van der Waals surface area contributed by atoms with E-state index in [2.05, 4.69) is 10.3 Å². The van der Waals surface area contributed by atoms with Gasteiger partial charge in [0, 0.05) is 38.7 Å². The molecular formula is C17H22N2O3. The number of carbonyl (C=O) groups is 1. The third-order valence-electron chi connectivity index (χ3n) is 3.30. The number of aryl methyl sites for hydroxylation is 2. The highest BCUT2D eigenvalue weighted by Gasteiger charge is 2.08. The predicted octanol–water partition coefficient (Wildman–Crippen LogP) is 2.74. The molecular weight excluding hydrogens is 280 g/mol. The molecule has 1 aromatic carbocycles. The van der Waals surface area contributed by atoms with Gasteiger partial charge in [-0.1, -0.05) is 29.8 Å². The molecule has 0 saturated carbocycles. The number of carbonyl (C=O) groups excluding carboxylic acids is 1. The van der Waals surface area contributed by atoms with Gasteiger partial charge in [0.1, 0.15) is 0 Å². The first-order chi connectivity index (χ1) is 10.7. The smallest absolute Gasteiger partial charge is 0.220 e. The first-order valence-electron chi connectivity index (χ1n) is 7.46. The van der Waals surface area contributed by atoms with Crippen molar-refractivity contribution in [3.63, 3.8) is 0 Å². The lowest BCUT2D eigenvalue weighted by molar-refractivity contribution is -0.121. The van der Waals surface area contributed by atoms with Crippen LogP contribution in [0.25, 0.3) is 11.3 Å². The summed E-state index contributed by atoms with van der Waals surface area (Å²) in [6.45, 7) is 3.33. The van der Waals surface area contributed by atoms with E-state index in [9.17, 15) is 4.79 Å². The second-order valence-corrected chi connectivity index (χ2v) is 5.18. The summed E-state index contributed by atoms with van der Waals surface area (Å²) in [6, 6.07) is 8.07. The summed E-state index contributed by atoms with van der Waals surface area (Å²) in [5, 5.41) is 2.84. The van der Waals surface area contributed by atoms with Crippen LogP contribution in [0.1, 0.15) is 24.3 Å². The lowest BCUT2D eigenvalue weighted by Crippen LogP contribution is -2.25. The molecule has 5 heteroatoms. The van der Waals surface area contributed by atoms with Gasteiger partial charge in [-0.3, -0.25) is 4.79 Å². The number of nitrogens with zero attached hydrogens (tertiary/aromatic N) is 1. The number of methoxy groups -OCH3 is 1. The zero-order valence-corrected chi connectivity index (χ0v) is 13.1. The summed E-state index contributed by atoms with van der Waals surface area (Å²) in [5.41, 5.74) is 2.20. The Morgan fingerprint density at radius 1 is 1.32 bits per heavy atom. The van der Waals surface area contributed by atoms with E-state index in [1.165, 1.54) is 5.56 Å². The summed E-state index contributed by atoms with van der Waals surface area (Å²) in [7, 11) is 1.65. The van der Waals surface area contributed by atoms with E-state index in [4.69, 9.17) is 9.15 Å². The number of benzene rings is 1. The Balaban J connectivity index is 1.79. The molecule has 5 nitrogen and oxygen atoms in total. The minimum atomic E-state index is 0.00573. The van der Waals surface area contributed by atoms with E-state index in [1.54, 1.807) is 13.3 Å². The molecule has 1 heterocycles. The maximum atomic E-state index is 11.7. The maximum Gasteiger partial charge on any atom is 0.220 e. The zero-order chi connectivity index (χ0) is 15.8. The molecule has 1 N–H and O–H groups in total. The van der Waals surface area contributed by atoms with Crippen LogP contribution >= 0.6 is 0 Å². The number of hydrogen-bond donors (Lipinski definition) is 1. The van der Waals surface area contributed by atoms with Crippen molar-refractivity contribution in [1.82, 2.24) is 10.3 Å². The molecule has 22 heavy (non-hydrogen) atoms. The number of aromatic nitrogens is 1. The molecule has 0 spiro atoms. The third-order valence-corrected chi connectivity index (χ3v) is 3.30. The number of ether oxygens (including phenoxy) is 1. The minimum absolute atomic E-state index is 0.00573. The average molecular weight is 302 g/mol. The fraction of sp³-hybridized carbons (Fsp3) is 0.412. The fourth-order valence-corrected chi connectivity index (χ4v) is 2.03. The molecule has 0 radical (unpaired) electrons. The number of nitrogens with one attached hydrogen (secondary N) is 1. The largest absolute Gasteiger partial charge is 0.441 e. The van der Waals surface area contributed by atoms with Crippen molar-refractivity contribution in [3.05, 3.63) is 41.9 Å². The van der Waals surface area contributed by atoms with Gasteiger partial charge in [0.2, 0.25) is 5.91 Å². The third kappa shape index (κ3) is 5.00. The highest BCUT2D eigenvalue weighted by Crippen LogP contribution is 2.21. The number of rotatable bonds is 8. The minimum Gasteiger partial charge on any atom is -0.441 e. The van der Waals surface area contributed by atoms with E-state index in [-0.39, 0.29) is 5.91 Å². The molecule has 0 saturated heterocycles. The summed E-state index contributed by atoms with van der Waals surface area (Å²) in [5.74, 6) is 1.32. The molecule has 118 valence electrons. The fourth-order valence-electron chi connectivity index (χ4n) is 2.03. The van der Waals surface area contributed by atoms with Crippen molar-refractivity contribution in [3.8, 4) is 11.3 Å². The summed E-state index contributed by atoms with van der Waals surface area (Å²) < 4.78 is 10.6. The van der Waals surface area contributed by atoms with Gasteiger partial charge in [-0.2, -0.15) is 0 Å². The number of hydrogen-bond acceptors (Lipinski definition) is 4. The maximum absolute atomic E-state index is 11.7. The molecule has 0 aliphatic carbocycles. The molecule has 0 atom stereocenters. The Labute approximate surface area is 130 Å². The van der Waals surface area contributed by atoms with Crippen LogP contribution in [0.3, 0.4) is 0 Å². The van der Waals surface area contributed by atoms with Crippen LogP contribution < -0.4 is 5.32 Å². The van der Waals surface area contributed by atoms with Crippen LogP contribution in [-0.2, 0) is 16.0 Å². The molecule has 0 aliphatic heterocycles. The molecule has 2 aromatic rings. The van der Waals surface area contributed by atoms with Gasteiger partial charge in [0.25, 0.3) is 0 Å². The Hall–Kier alpha value is -2.14. The van der Waals surface area contributed by atoms with Gasteiger partial charge < -0.3 is 14.5 Å². The predicted molar refractivity (Wildman–Crippen MR) is 84.5 cm³/mol. The van der Waals surface area contributed by atoms with E-state index in [1.807, 2.05) is 31.2 Å². The van der Waals surface area contributed by atoms with Crippen LogP contribution in [0.15, 0.2) is 34.9 Å². The Morgan fingerprint density at radius 3 is 2.82 bits per heavy atom. The lowest BCUT2D eigenvalue weighted by atomic mass is 10.1. The molecule has 1 aromatic heterocycles. The molecule has 0 fully saturated rings. The molecule has 0 aliphatic rings. The first kappa shape index (κ1) is 16.2. The van der Waals surface area contributed by atoms with Crippen molar-refractivity contribution < 1.29 is 13.9 Å². The van der Waals surface area contributed by atoms with Gasteiger partial charge >= 0.3 is 0 Å². The van der Waals surface area contributed by atoms with Crippen molar-refractivity contribution in [2.75, 3.05) is 20.3 Å². The second kappa shape index (κ2) is 8.34. The van der Waals surface area contributed by atoms with Gasteiger partial charge in [-0.25, -0.2) is 4.98 Å². The SMILES string of the molecule is COCCCNC(=O)CCc1ncc(-c2ccc(C)cc2)o1.